The number of amides is 1. The highest BCUT2D eigenvalue weighted by Crippen LogP contribution is 2.15. The first kappa shape index (κ1) is 20.3. The van der Waals surface area contributed by atoms with Crippen LogP contribution in [0.5, 0.6) is 0 Å². The van der Waals surface area contributed by atoms with E-state index < -0.39 is 5.97 Å². The lowest BCUT2D eigenvalue weighted by atomic mass is 10.1. The highest BCUT2D eigenvalue weighted by Gasteiger charge is 2.21. The van der Waals surface area contributed by atoms with Crippen LogP contribution in [0.25, 0.3) is 0 Å². The van der Waals surface area contributed by atoms with Gasteiger partial charge in [-0.1, -0.05) is 24.3 Å². The first-order chi connectivity index (χ1) is 14.0. The summed E-state index contributed by atoms with van der Waals surface area (Å²) in [5.41, 5.74) is 7.94. The van der Waals surface area contributed by atoms with E-state index in [4.69, 9.17) is 15.9 Å². The molecule has 0 radical (unpaired) electrons. The van der Waals surface area contributed by atoms with Crippen molar-refractivity contribution in [1.29, 1.82) is 5.41 Å². The van der Waals surface area contributed by atoms with Gasteiger partial charge in [0.2, 0.25) is 5.91 Å². The lowest BCUT2D eigenvalue weighted by Gasteiger charge is -2.36. The predicted octanol–water partition coefficient (Wildman–Crippen LogP) is 1.34. The fraction of sp³-hybridized carbons (Fsp3) is 0.333. The normalized spacial score (nSPS) is 13.8. The van der Waals surface area contributed by atoms with Crippen LogP contribution in [0, 0.1) is 5.41 Å². The standard InChI is InChI=1S/C21H25N5O3/c22-19(23)13-21(28)29-15-17-4-1-3-16(11-17)12-20(27)26-9-7-25(8-10-26)18-5-2-6-24-14-18/h1-6,11,14H,7-10,12-13,15H2,(H3,22,23). The Hall–Kier alpha value is -3.42. The molecule has 1 aromatic heterocycles. The van der Waals surface area contributed by atoms with E-state index in [1.54, 1.807) is 6.20 Å². The molecule has 8 heteroatoms. The summed E-state index contributed by atoms with van der Waals surface area (Å²) in [6.45, 7) is 3.01. The van der Waals surface area contributed by atoms with E-state index in [0.717, 1.165) is 29.9 Å². The molecule has 0 atom stereocenters. The van der Waals surface area contributed by atoms with Crippen molar-refractivity contribution in [3.05, 3.63) is 59.9 Å². The van der Waals surface area contributed by atoms with Gasteiger partial charge in [-0.15, -0.1) is 0 Å². The third kappa shape index (κ3) is 6.03. The number of rotatable bonds is 7. The Morgan fingerprint density at radius 3 is 2.55 bits per heavy atom. The minimum Gasteiger partial charge on any atom is -0.460 e. The number of piperazine rings is 1. The average Bonchev–Trinajstić information content (AvgIpc) is 2.73. The van der Waals surface area contributed by atoms with E-state index in [-0.39, 0.29) is 24.8 Å². The van der Waals surface area contributed by atoms with Gasteiger partial charge in [0.1, 0.15) is 18.9 Å². The van der Waals surface area contributed by atoms with Crippen LogP contribution in [0.2, 0.25) is 0 Å². The molecule has 29 heavy (non-hydrogen) atoms. The number of esters is 1. The zero-order chi connectivity index (χ0) is 20.6. The Balaban J connectivity index is 1.49. The van der Waals surface area contributed by atoms with Gasteiger partial charge in [0.25, 0.3) is 0 Å². The molecule has 3 rings (SSSR count). The molecule has 0 aliphatic carbocycles. The highest BCUT2D eigenvalue weighted by molar-refractivity contribution is 5.94. The molecule has 0 saturated carbocycles. The van der Waals surface area contributed by atoms with Crippen molar-refractivity contribution in [3.63, 3.8) is 0 Å². The van der Waals surface area contributed by atoms with E-state index >= 15 is 0 Å². The number of hydrogen-bond donors (Lipinski definition) is 2. The Bertz CT molecular complexity index is 864. The lowest BCUT2D eigenvalue weighted by molar-refractivity contribution is -0.143. The SMILES string of the molecule is N=C(N)CC(=O)OCc1cccc(CC(=O)N2CCN(c3cccnc3)CC2)c1. The number of pyridine rings is 1. The second kappa shape index (κ2) is 9.68. The van der Waals surface area contributed by atoms with Crippen LogP contribution in [0.3, 0.4) is 0 Å². The van der Waals surface area contributed by atoms with Gasteiger partial charge in [-0.2, -0.15) is 0 Å². The molecule has 1 aliphatic heterocycles. The summed E-state index contributed by atoms with van der Waals surface area (Å²) in [6, 6.07) is 11.4. The molecule has 152 valence electrons. The number of nitrogens with zero attached hydrogens (tertiary/aromatic N) is 3. The number of carbonyl (C=O) groups excluding carboxylic acids is 2. The third-order valence-corrected chi connectivity index (χ3v) is 4.72. The maximum atomic E-state index is 12.7. The summed E-state index contributed by atoms with van der Waals surface area (Å²) < 4.78 is 5.10. The molecular formula is C21H25N5O3. The Kier molecular flexibility index (Phi) is 6.78. The quantitative estimate of drug-likeness (QED) is 0.416. The minimum absolute atomic E-state index is 0.0848. The summed E-state index contributed by atoms with van der Waals surface area (Å²) in [5.74, 6) is -0.676. The topological polar surface area (TPSA) is 113 Å². The van der Waals surface area contributed by atoms with Gasteiger partial charge in [0.05, 0.1) is 18.3 Å². The van der Waals surface area contributed by atoms with Crippen LogP contribution < -0.4 is 10.6 Å². The monoisotopic (exact) mass is 395 g/mol. The van der Waals surface area contributed by atoms with Crippen molar-refractivity contribution >= 4 is 23.4 Å². The highest BCUT2D eigenvalue weighted by atomic mass is 16.5. The molecule has 3 N–H and O–H groups in total. The Labute approximate surface area is 169 Å². The summed E-state index contributed by atoms with van der Waals surface area (Å²) in [7, 11) is 0. The van der Waals surface area contributed by atoms with Gasteiger partial charge in [-0.3, -0.25) is 20.0 Å². The number of hydrogen-bond acceptors (Lipinski definition) is 6. The van der Waals surface area contributed by atoms with Crippen molar-refractivity contribution < 1.29 is 14.3 Å². The first-order valence-electron chi connectivity index (χ1n) is 9.50. The van der Waals surface area contributed by atoms with Crippen LogP contribution in [-0.2, 0) is 27.4 Å². The van der Waals surface area contributed by atoms with Crippen LogP contribution in [0.1, 0.15) is 17.5 Å². The van der Waals surface area contributed by atoms with E-state index in [2.05, 4.69) is 9.88 Å². The second-order valence-electron chi connectivity index (χ2n) is 6.94. The molecule has 0 unspecified atom stereocenters. The lowest BCUT2D eigenvalue weighted by Crippen LogP contribution is -2.49. The Morgan fingerprint density at radius 2 is 1.86 bits per heavy atom. The van der Waals surface area contributed by atoms with Crippen LogP contribution in [0.15, 0.2) is 48.8 Å². The van der Waals surface area contributed by atoms with Crippen LogP contribution in [-0.4, -0.2) is 53.8 Å². The maximum absolute atomic E-state index is 12.7. The number of nitrogens with one attached hydrogen (secondary N) is 1. The van der Waals surface area contributed by atoms with Gasteiger partial charge < -0.3 is 20.3 Å². The molecule has 0 bridgehead atoms. The third-order valence-electron chi connectivity index (χ3n) is 4.72. The molecule has 1 saturated heterocycles. The summed E-state index contributed by atoms with van der Waals surface area (Å²) in [6.07, 6.45) is 3.68. The zero-order valence-corrected chi connectivity index (χ0v) is 16.2. The fourth-order valence-electron chi connectivity index (χ4n) is 3.24. The number of amidine groups is 1. The summed E-state index contributed by atoms with van der Waals surface area (Å²) in [4.78, 5) is 32.5. The van der Waals surface area contributed by atoms with E-state index in [9.17, 15) is 9.59 Å². The van der Waals surface area contributed by atoms with Gasteiger partial charge in [-0.25, -0.2) is 0 Å². The van der Waals surface area contributed by atoms with Crippen molar-refractivity contribution in [2.45, 2.75) is 19.4 Å². The molecule has 1 fully saturated rings. The molecule has 1 amide bonds. The number of carbonyl (C=O) groups is 2. The van der Waals surface area contributed by atoms with Crippen LogP contribution >= 0.6 is 0 Å². The molecule has 2 aromatic rings. The van der Waals surface area contributed by atoms with Crippen molar-refractivity contribution in [2.75, 3.05) is 31.1 Å². The molecule has 8 nitrogen and oxygen atoms in total. The molecule has 1 aliphatic rings. The number of nitrogens with two attached hydrogens (primary N) is 1. The predicted molar refractivity (Wildman–Crippen MR) is 110 cm³/mol. The van der Waals surface area contributed by atoms with Crippen LogP contribution in [0.4, 0.5) is 5.69 Å². The first-order valence-corrected chi connectivity index (χ1v) is 9.50. The number of aromatic nitrogens is 1. The number of ether oxygens (including phenoxy) is 1. The molecule has 1 aromatic carbocycles. The smallest absolute Gasteiger partial charge is 0.313 e. The van der Waals surface area contributed by atoms with E-state index in [0.29, 0.717) is 19.5 Å². The van der Waals surface area contributed by atoms with Gasteiger partial charge in [0.15, 0.2) is 0 Å². The Morgan fingerprint density at radius 1 is 1.10 bits per heavy atom. The van der Waals surface area contributed by atoms with Gasteiger partial charge >= 0.3 is 5.97 Å². The molecule has 2 heterocycles. The summed E-state index contributed by atoms with van der Waals surface area (Å²) >= 11 is 0. The van der Waals surface area contributed by atoms with E-state index in [1.165, 1.54) is 0 Å². The van der Waals surface area contributed by atoms with E-state index in [1.807, 2.05) is 47.5 Å². The van der Waals surface area contributed by atoms with Crippen molar-refractivity contribution in [2.24, 2.45) is 5.73 Å². The fourth-order valence-corrected chi connectivity index (χ4v) is 3.24. The number of anilines is 1. The van der Waals surface area contributed by atoms with Gasteiger partial charge in [-0.05, 0) is 23.3 Å². The number of benzene rings is 1. The summed E-state index contributed by atoms with van der Waals surface area (Å²) in [5, 5.41) is 7.11. The average molecular weight is 395 g/mol. The molecular weight excluding hydrogens is 370 g/mol. The maximum Gasteiger partial charge on any atom is 0.313 e. The second-order valence-corrected chi connectivity index (χ2v) is 6.94. The van der Waals surface area contributed by atoms with Crippen molar-refractivity contribution in [1.82, 2.24) is 9.88 Å². The van der Waals surface area contributed by atoms with Crippen molar-refractivity contribution in [3.8, 4) is 0 Å². The minimum atomic E-state index is -0.537. The molecule has 0 spiro atoms. The largest absolute Gasteiger partial charge is 0.460 e. The van der Waals surface area contributed by atoms with Gasteiger partial charge in [0, 0.05) is 32.4 Å². The zero-order valence-electron chi connectivity index (χ0n) is 16.2.